The number of carbonyl (C=O) groups excluding carboxylic acids is 2. The van der Waals surface area contributed by atoms with E-state index < -0.39 is 0 Å². The van der Waals surface area contributed by atoms with Crippen molar-refractivity contribution in [2.75, 3.05) is 17.2 Å². The van der Waals surface area contributed by atoms with Crippen molar-refractivity contribution in [3.05, 3.63) is 87.9 Å². The minimum absolute atomic E-state index is 0.0363. The molecule has 0 heterocycles. The van der Waals surface area contributed by atoms with Gasteiger partial charge in [0.05, 0.1) is 11.1 Å². The lowest BCUT2D eigenvalue weighted by molar-refractivity contribution is 0.101. The normalized spacial score (nSPS) is 11.3. The quantitative estimate of drug-likeness (QED) is 0.310. The highest BCUT2D eigenvalue weighted by Crippen LogP contribution is 2.27. The number of benzene rings is 3. The first-order valence-electron chi connectivity index (χ1n) is 11.8. The second-order valence-electron chi connectivity index (χ2n) is 9.99. The molecule has 0 aliphatic rings. The van der Waals surface area contributed by atoms with E-state index in [0.717, 1.165) is 16.6 Å². The first-order valence-corrected chi connectivity index (χ1v) is 12.6. The van der Waals surface area contributed by atoms with E-state index in [1.807, 2.05) is 24.3 Å². The topological polar surface area (TPSA) is 67.4 Å². The molecule has 0 fully saturated rings. The van der Waals surface area contributed by atoms with Crippen molar-refractivity contribution in [3.8, 4) is 5.75 Å². The van der Waals surface area contributed by atoms with Gasteiger partial charge in [-0.15, -0.1) is 0 Å². The zero-order chi connectivity index (χ0) is 25.6. The monoisotopic (exact) mass is 536 g/mol. The van der Waals surface area contributed by atoms with Crippen molar-refractivity contribution in [2.45, 2.75) is 46.5 Å². The van der Waals surface area contributed by atoms with Gasteiger partial charge < -0.3 is 15.4 Å². The Hall–Kier alpha value is -3.12. The molecule has 0 saturated heterocycles. The lowest BCUT2D eigenvalue weighted by atomic mass is 9.87. The Morgan fingerprint density at radius 1 is 0.829 bits per heavy atom. The van der Waals surface area contributed by atoms with Gasteiger partial charge in [0.25, 0.3) is 11.8 Å². The van der Waals surface area contributed by atoms with E-state index in [0.29, 0.717) is 35.0 Å². The van der Waals surface area contributed by atoms with Crippen molar-refractivity contribution in [1.29, 1.82) is 0 Å². The van der Waals surface area contributed by atoms with Crippen LogP contribution in [0.5, 0.6) is 5.75 Å². The molecule has 0 saturated carbocycles. The zero-order valence-electron chi connectivity index (χ0n) is 20.9. The highest BCUT2D eigenvalue weighted by Gasteiger charge is 2.15. The smallest absolute Gasteiger partial charge is 0.255 e. The van der Waals surface area contributed by atoms with Crippen LogP contribution in [0.3, 0.4) is 0 Å². The van der Waals surface area contributed by atoms with Crippen LogP contribution in [0.15, 0.2) is 71.2 Å². The summed E-state index contributed by atoms with van der Waals surface area (Å²) in [7, 11) is 0. The van der Waals surface area contributed by atoms with Gasteiger partial charge in [-0.1, -0.05) is 46.8 Å². The SMILES string of the molecule is CC(C)CCOc1ccc(C(=O)Nc2ccc(NC(=O)c3ccc(C(C)(C)C)cc3)cc2)cc1Br. The largest absolute Gasteiger partial charge is 0.492 e. The molecule has 0 spiro atoms. The molecule has 3 rings (SSSR count). The molecule has 3 aromatic carbocycles. The summed E-state index contributed by atoms with van der Waals surface area (Å²) in [5.74, 6) is 0.881. The average Bonchev–Trinajstić information content (AvgIpc) is 2.80. The lowest BCUT2D eigenvalue weighted by Crippen LogP contribution is -2.14. The Labute approximate surface area is 216 Å². The Morgan fingerprint density at radius 3 is 1.83 bits per heavy atom. The Kier molecular flexibility index (Phi) is 8.73. The first kappa shape index (κ1) is 26.5. The number of ether oxygens (including phenoxy) is 1. The third-order valence-electron chi connectivity index (χ3n) is 5.56. The van der Waals surface area contributed by atoms with E-state index in [1.165, 1.54) is 5.56 Å². The molecular weight excluding hydrogens is 504 g/mol. The van der Waals surface area contributed by atoms with Crippen LogP contribution >= 0.6 is 15.9 Å². The molecule has 0 unspecified atom stereocenters. The van der Waals surface area contributed by atoms with Crippen LogP contribution < -0.4 is 15.4 Å². The molecule has 6 heteroatoms. The fourth-order valence-electron chi connectivity index (χ4n) is 3.33. The molecular formula is C29H33BrN2O3. The second kappa shape index (κ2) is 11.5. The van der Waals surface area contributed by atoms with Gasteiger partial charge >= 0.3 is 0 Å². The van der Waals surface area contributed by atoms with Crippen molar-refractivity contribution in [1.82, 2.24) is 0 Å². The Balaban J connectivity index is 1.57. The van der Waals surface area contributed by atoms with Gasteiger partial charge in [-0.05, 0) is 93.8 Å². The van der Waals surface area contributed by atoms with E-state index in [4.69, 9.17) is 4.74 Å². The Bertz CT molecular complexity index is 1160. The van der Waals surface area contributed by atoms with Gasteiger partial charge in [-0.25, -0.2) is 0 Å². The minimum atomic E-state index is -0.227. The summed E-state index contributed by atoms with van der Waals surface area (Å²) in [5.41, 5.74) is 3.61. The second-order valence-corrected chi connectivity index (χ2v) is 10.8. The predicted octanol–water partition coefficient (Wildman–Crippen LogP) is 7.68. The van der Waals surface area contributed by atoms with Crippen LogP contribution in [0.25, 0.3) is 0 Å². The van der Waals surface area contributed by atoms with Gasteiger partial charge in [0.15, 0.2) is 0 Å². The van der Waals surface area contributed by atoms with Gasteiger partial charge in [-0.2, -0.15) is 0 Å². The van der Waals surface area contributed by atoms with E-state index in [2.05, 4.69) is 61.2 Å². The fourth-order valence-corrected chi connectivity index (χ4v) is 3.82. The van der Waals surface area contributed by atoms with Crippen LogP contribution in [0.2, 0.25) is 0 Å². The van der Waals surface area contributed by atoms with E-state index in [9.17, 15) is 9.59 Å². The third-order valence-corrected chi connectivity index (χ3v) is 6.18. The summed E-state index contributed by atoms with van der Waals surface area (Å²) in [6, 6.07) is 20.0. The number of hydrogen-bond donors (Lipinski definition) is 2. The van der Waals surface area contributed by atoms with Gasteiger partial charge in [0, 0.05) is 22.5 Å². The molecule has 0 bridgehead atoms. The average molecular weight is 537 g/mol. The number of nitrogens with one attached hydrogen (secondary N) is 2. The summed E-state index contributed by atoms with van der Waals surface area (Å²) in [6.07, 6.45) is 0.967. The zero-order valence-corrected chi connectivity index (χ0v) is 22.5. The van der Waals surface area contributed by atoms with Crippen LogP contribution in [0, 0.1) is 5.92 Å². The van der Waals surface area contributed by atoms with Crippen molar-refractivity contribution in [3.63, 3.8) is 0 Å². The number of halogens is 1. The number of hydrogen-bond acceptors (Lipinski definition) is 3. The molecule has 184 valence electrons. The summed E-state index contributed by atoms with van der Waals surface area (Å²) < 4.78 is 6.52. The number of anilines is 2. The predicted molar refractivity (Wildman–Crippen MR) is 147 cm³/mol. The molecule has 2 N–H and O–H groups in total. The van der Waals surface area contributed by atoms with Gasteiger partial charge in [-0.3, -0.25) is 9.59 Å². The van der Waals surface area contributed by atoms with E-state index >= 15 is 0 Å². The van der Waals surface area contributed by atoms with E-state index in [1.54, 1.807) is 42.5 Å². The maximum absolute atomic E-state index is 12.7. The van der Waals surface area contributed by atoms with Crippen molar-refractivity contribution in [2.24, 2.45) is 5.92 Å². The standard InChI is InChI=1S/C29H33BrN2O3/c1-19(2)16-17-35-26-15-8-21(18-25(26)30)28(34)32-24-13-11-23(12-14-24)31-27(33)20-6-9-22(10-7-20)29(3,4)5/h6-15,18-19H,16-17H2,1-5H3,(H,31,33)(H,32,34). The number of carbonyl (C=O) groups is 2. The summed E-state index contributed by atoms with van der Waals surface area (Å²) in [6.45, 7) is 11.3. The number of amides is 2. The van der Waals surface area contributed by atoms with Crippen LogP contribution in [0.4, 0.5) is 11.4 Å². The van der Waals surface area contributed by atoms with Crippen LogP contribution in [0.1, 0.15) is 67.3 Å². The minimum Gasteiger partial charge on any atom is -0.492 e. The maximum atomic E-state index is 12.7. The van der Waals surface area contributed by atoms with Crippen molar-refractivity contribution < 1.29 is 14.3 Å². The molecule has 0 atom stereocenters. The summed E-state index contributed by atoms with van der Waals surface area (Å²) in [5, 5.41) is 5.78. The highest BCUT2D eigenvalue weighted by molar-refractivity contribution is 9.10. The fraction of sp³-hybridized carbons (Fsp3) is 0.310. The Morgan fingerprint density at radius 2 is 1.34 bits per heavy atom. The summed E-state index contributed by atoms with van der Waals surface area (Å²) >= 11 is 3.49. The molecule has 0 radical (unpaired) electrons. The van der Waals surface area contributed by atoms with Crippen LogP contribution in [-0.4, -0.2) is 18.4 Å². The van der Waals surface area contributed by atoms with Crippen LogP contribution in [-0.2, 0) is 5.41 Å². The first-order chi connectivity index (χ1) is 16.5. The molecule has 0 aliphatic heterocycles. The van der Waals surface area contributed by atoms with Crippen molar-refractivity contribution >= 4 is 39.1 Å². The number of rotatable bonds is 8. The molecule has 0 aromatic heterocycles. The van der Waals surface area contributed by atoms with E-state index in [-0.39, 0.29) is 17.2 Å². The highest BCUT2D eigenvalue weighted by atomic mass is 79.9. The van der Waals surface area contributed by atoms with Gasteiger partial charge in [0.2, 0.25) is 0 Å². The third kappa shape index (κ3) is 7.69. The molecule has 0 aliphatic carbocycles. The maximum Gasteiger partial charge on any atom is 0.255 e. The summed E-state index contributed by atoms with van der Waals surface area (Å²) in [4.78, 5) is 25.3. The van der Waals surface area contributed by atoms with Gasteiger partial charge in [0.1, 0.15) is 5.75 Å². The molecule has 5 nitrogen and oxygen atoms in total. The molecule has 3 aromatic rings. The molecule has 2 amide bonds. The lowest BCUT2D eigenvalue weighted by Gasteiger charge is -2.19. The molecule has 35 heavy (non-hydrogen) atoms.